The summed E-state index contributed by atoms with van der Waals surface area (Å²) >= 11 is 5.98. The molecule has 0 aliphatic heterocycles. The number of amides is 1. The minimum absolute atomic E-state index is 0.0440. The maximum atomic E-state index is 12.3. The van der Waals surface area contributed by atoms with Crippen molar-refractivity contribution in [1.29, 1.82) is 0 Å². The molecule has 2 aromatic carbocycles. The van der Waals surface area contributed by atoms with Crippen LogP contribution in [0.5, 0.6) is 0 Å². The lowest BCUT2D eigenvalue weighted by atomic mass is 10.1. The molecule has 3 rings (SSSR count). The Morgan fingerprint density at radius 1 is 1.09 bits per heavy atom. The number of halogens is 1. The van der Waals surface area contributed by atoms with Crippen LogP contribution in [0.25, 0.3) is 10.9 Å². The van der Waals surface area contributed by atoms with Gasteiger partial charge < -0.3 is 9.88 Å². The van der Waals surface area contributed by atoms with Crippen LogP contribution >= 0.6 is 11.6 Å². The van der Waals surface area contributed by atoms with Crippen LogP contribution in [0.4, 0.5) is 5.69 Å². The first kappa shape index (κ1) is 14.7. The van der Waals surface area contributed by atoms with Crippen LogP contribution in [0.1, 0.15) is 11.1 Å². The minimum Gasteiger partial charge on any atom is -0.338 e. The molecule has 0 atom stereocenters. The minimum atomic E-state index is -0.0440. The highest BCUT2D eigenvalue weighted by molar-refractivity contribution is 6.31. The number of fused-ring (bicyclic) bond motifs is 1. The van der Waals surface area contributed by atoms with Gasteiger partial charge in [-0.25, -0.2) is 0 Å². The van der Waals surface area contributed by atoms with E-state index >= 15 is 0 Å². The normalized spacial score (nSPS) is 10.9. The van der Waals surface area contributed by atoms with Crippen LogP contribution in [0, 0.1) is 13.8 Å². The van der Waals surface area contributed by atoms with Crippen molar-refractivity contribution in [3.8, 4) is 0 Å². The van der Waals surface area contributed by atoms with Gasteiger partial charge in [0.1, 0.15) is 6.54 Å². The zero-order valence-corrected chi connectivity index (χ0v) is 13.3. The van der Waals surface area contributed by atoms with E-state index in [1.807, 2.05) is 61.0 Å². The average molecular weight is 313 g/mol. The smallest absolute Gasteiger partial charge is 0.244 e. The summed E-state index contributed by atoms with van der Waals surface area (Å²) in [5, 5.41) is 4.69. The Hall–Kier alpha value is -2.26. The molecule has 0 saturated heterocycles. The molecule has 22 heavy (non-hydrogen) atoms. The molecule has 0 unspecified atom stereocenters. The van der Waals surface area contributed by atoms with E-state index in [1.165, 1.54) is 0 Å². The van der Waals surface area contributed by atoms with E-state index in [2.05, 4.69) is 11.4 Å². The Morgan fingerprint density at radius 2 is 1.82 bits per heavy atom. The third kappa shape index (κ3) is 3.15. The predicted molar refractivity (Wildman–Crippen MR) is 91.5 cm³/mol. The lowest BCUT2D eigenvalue weighted by molar-refractivity contribution is -0.116. The highest BCUT2D eigenvalue weighted by Gasteiger charge is 2.07. The fraction of sp³-hybridized carbons (Fsp3) is 0.167. The summed E-state index contributed by atoms with van der Waals surface area (Å²) in [7, 11) is 0. The SMILES string of the molecule is Cc1cc(C)cc(NC(=O)Cn2ccc3cc(Cl)ccc32)c1. The number of anilines is 1. The maximum Gasteiger partial charge on any atom is 0.244 e. The van der Waals surface area contributed by atoms with Crippen LogP contribution in [-0.4, -0.2) is 10.5 Å². The molecular weight excluding hydrogens is 296 g/mol. The second-order valence-corrected chi connectivity index (χ2v) is 6.01. The molecule has 3 nitrogen and oxygen atoms in total. The molecule has 1 amide bonds. The van der Waals surface area contributed by atoms with Gasteiger partial charge in [0.25, 0.3) is 0 Å². The Morgan fingerprint density at radius 3 is 2.55 bits per heavy atom. The first-order chi connectivity index (χ1) is 10.5. The number of hydrogen-bond acceptors (Lipinski definition) is 1. The van der Waals surface area contributed by atoms with Gasteiger partial charge >= 0.3 is 0 Å². The second-order valence-electron chi connectivity index (χ2n) is 5.57. The second kappa shape index (κ2) is 5.85. The zero-order valence-electron chi connectivity index (χ0n) is 12.6. The number of carbonyl (C=O) groups is 1. The molecule has 1 heterocycles. The first-order valence-electron chi connectivity index (χ1n) is 7.14. The molecule has 0 aliphatic rings. The quantitative estimate of drug-likeness (QED) is 0.756. The summed E-state index contributed by atoms with van der Waals surface area (Å²) in [6, 6.07) is 13.7. The Balaban J connectivity index is 1.78. The molecule has 0 aliphatic carbocycles. The molecule has 0 spiro atoms. The van der Waals surface area contributed by atoms with E-state index in [-0.39, 0.29) is 12.5 Å². The van der Waals surface area contributed by atoms with Gasteiger partial charge in [-0.2, -0.15) is 0 Å². The number of carbonyl (C=O) groups excluding carboxylic acids is 1. The van der Waals surface area contributed by atoms with E-state index in [0.717, 1.165) is 27.7 Å². The molecule has 0 bridgehead atoms. The van der Waals surface area contributed by atoms with Crippen molar-refractivity contribution in [3.63, 3.8) is 0 Å². The first-order valence-corrected chi connectivity index (χ1v) is 7.51. The molecule has 1 N–H and O–H groups in total. The van der Waals surface area contributed by atoms with Crippen LogP contribution in [0.15, 0.2) is 48.7 Å². The van der Waals surface area contributed by atoms with Gasteiger partial charge in [-0.15, -0.1) is 0 Å². The number of nitrogens with one attached hydrogen (secondary N) is 1. The summed E-state index contributed by atoms with van der Waals surface area (Å²) in [6.07, 6.45) is 1.90. The number of aromatic nitrogens is 1. The lowest BCUT2D eigenvalue weighted by Gasteiger charge is -2.09. The molecule has 1 aromatic heterocycles. The molecule has 0 radical (unpaired) electrons. The van der Waals surface area contributed by atoms with E-state index < -0.39 is 0 Å². The Labute approximate surface area is 134 Å². The zero-order chi connectivity index (χ0) is 15.7. The number of aryl methyl sites for hydroxylation is 2. The van der Waals surface area contributed by atoms with E-state index in [1.54, 1.807) is 0 Å². The van der Waals surface area contributed by atoms with E-state index in [4.69, 9.17) is 11.6 Å². The highest BCUT2D eigenvalue weighted by atomic mass is 35.5. The van der Waals surface area contributed by atoms with Gasteiger partial charge in [0, 0.05) is 27.8 Å². The Bertz CT molecular complexity index is 831. The average Bonchev–Trinajstić information content (AvgIpc) is 2.79. The third-order valence-corrected chi connectivity index (χ3v) is 3.79. The molecule has 0 saturated carbocycles. The Kier molecular flexibility index (Phi) is 3.90. The molecular formula is C18H17ClN2O. The summed E-state index contributed by atoms with van der Waals surface area (Å²) in [5.41, 5.74) is 4.11. The maximum absolute atomic E-state index is 12.3. The largest absolute Gasteiger partial charge is 0.338 e. The van der Waals surface area contributed by atoms with Gasteiger partial charge in [-0.3, -0.25) is 4.79 Å². The fourth-order valence-electron chi connectivity index (χ4n) is 2.71. The van der Waals surface area contributed by atoms with Crippen molar-refractivity contribution in [1.82, 2.24) is 4.57 Å². The van der Waals surface area contributed by atoms with Gasteiger partial charge in [-0.1, -0.05) is 17.7 Å². The summed E-state index contributed by atoms with van der Waals surface area (Å²) in [5.74, 6) is -0.0440. The van der Waals surface area contributed by atoms with Crippen molar-refractivity contribution in [2.24, 2.45) is 0 Å². The number of hydrogen-bond donors (Lipinski definition) is 1. The fourth-order valence-corrected chi connectivity index (χ4v) is 2.89. The van der Waals surface area contributed by atoms with Gasteiger partial charge in [0.05, 0.1) is 0 Å². The molecule has 3 aromatic rings. The van der Waals surface area contributed by atoms with Crippen molar-refractivity contribution in [3.05, 3.63) is 64.8 Å². The third-order valence-electron chi connectivity index (χ3n) is 3.55. The number of rotatable bonds is 3. The highest BCUT2D eigenvalue weighted by Crippen LogP contribution is 2.20. The van der Waals surface area contributed by atoms with Crippen molar-refractivity contribution < 1.29 is 4.79 Å². The lowest BCUT2D eigenvalue weighted by Crippen LogP contribution is -2.18. The molecule has 112 valence electrons. The standard InChI is InChI=1S/C18H17ClN2O/c1-12-7-13(2)9-16(8-12)20-18(22)11-21-6-5-14-10-15(19)3-4-17(14)21/h3-10H,11H2,1-2H3,(H,20,22). The van der Waals surface area contributed by atoms with Crippen LogP contribution in [-0.2, 0) is 11.3 Å². The van der Waals surface area contributed by atoms with E-state index in [0.29, 0.717) is 5.02 Å². The van der Waals surface area contributed by atoms with Crippen molar-refractivity contribution >= 4 is 34.1 Å². The van der Waals surface area contributed by atoms with Gasteiger partial charge in [0.2, 0.25) is 5.91 Å². The van der Waals surface area contributed by atoms with Gasteiger partial charge in [-0.05, 0) is 61.4 Å². The topological polar surface area (TPSA) is 34.0 Å². The van der Waals surface area contributed by atoms with Crippen LogP contribution in [0.2, 0.25) is 5.02 Å². The summed E-state index contributed by atoms with van der Waals surface area (Å²) in [6.45, 7) is 4.32. The van der Waals surface area contributed by atoms with Crippen molar-refractivity contribution in [2.45, 2.75) is 20.4 Å². The molecule has 4 heteroatoms. The number of benzene rings is 2. The van der Waals surface area contributed by atoms with Crippen molar-refractivity contribution in [2.75, 3.05) is 5.32 Å². The monoisotopic (exact) mass is 312 g/mol. The summed E-state index contributed by atoms with van der Waals surface area (Å²) in [4.78, 5) is 12.3. The van der Waals surface area contributed by atoms with Gasteiger partial charge in [0.15, 0.2) is 0 Å². The van der Waals surface area contributed by atoms with Crippen LogP contribution < -0.4 is 5.32 Å². The van der Waals surface area contributed by atoms with Crippen LogP contribution in [0.3, 0.4) is 0 Å². The number of nitrogens with zero attached hydrogens (tertiary/aromatic N) is 1. The molecule has 0 fully saturated rings. The predicted octanol–water partition coefficient (Wildman–Crippen LogP) is 4.55. The summed E-state index contributed by atoms with van der Waals surface area (Å²) < 4.78 is 1.92. The van der Waals surface area contributed by atoms with E-state index in [9.17, 15) is 4.79 Å².